The van der Waals surface area contributed by atoms with Crippen LogP contribution in [0.15, 0.2) is 36.7 Å². The van der Waals surface area contributed by atoms with Crippen LogP contribution in [0.25, 0.3) is 17.0 Å². The first kappa shape index (κ1) is 23.7. The lowest BCUT2D eigenvalue weighted by Gasteiger charge is -2.26. The molecular formula is C27H32N8O2. The van der Waals surface area contributed by atoms with Crippen LogP contribution in [-0.2, 0) is 11.3 Å². The molecular weight excluding hydrogens is 468 g/mol. The standard InChI is InChI=1S/C27H32N8O2/c1-18-26(19(2)35-27(30-18)31-20(3)32-35)37-23-8-9-34(17-23)25-15-28-24(14-29-25)22-6-4-21(5-7-22)16-33-10-12-36-13-11-33/h4-7,14-15,23H,8-13,16-17H2,1-3H3. The van der Waals surface area contributed by atoms with Crippen molar-refractivity contribution >= 4 is 11.6 Å². The van der Waals surface area contributed by atoms with Gasteiger partial charge in [0, 0.05) is 38.2 Å². The Hall–Kier alpha value is -3.63. The molecule has 5 heterocycles. The average Bonchev–Trinajstić information content (AvgIpc) is 3.54. The molecule has 10 nitrogen and oxygen atoms in total. The molecule has 37 heavy (non-hydrogen) atoms. The molecule has 1 unspecified atom stereocenters. The van der Waals surface area contributed by atoms with Gasteiger partial charge < -0.3 is 14.4 Å². The highest BCUT2D eigenvalue weighted by molar-refractivity contribution is 5.59. The second-order valence-electron chi connectivity index (χ2n) is 9.80. The summed E-state index contributed by atoms with van der Waals surface area (Å²) in [6, 6.07) is 8.62. The van der Waals surface area contributed by atoms with E-state index in [2.05, 4.69) is 49.1 Å². The molecule has 10 heteroatoms. The zero-order valence-corrected chi connectivity index (χ0v) is 21.6. The Bertz CT molecular complexity index is 1380. The van der Waals surface area contributed by atoms with Crippen LogP contribution in [0.3, 0.4) is 0 Å². The first-order valence-corrected chi connectivity index (χ1v) is 12.9. The molecule has 3 aromatic heterocycles. The maximum Gasteiger partial charge on any atom is 0.253 e. The summed E-state index contributed by atoms with van der Waals surface area (Å²) in [5.74, 6) is 2.95. The third-order valence-electron chi connectivity index (χ3n) is 7.09. The minimum absolute atomic E-state index is 0.0433. The van der Waals surface area contributed by atoms with E-state index < -0.39 is 0 Å². The van der Waals surface area contributed by atoms with Gasteiger partial charge in [0.25, 0.3) is 5.78 Å². The molecule has 192 valence electrons. The lowest BCUT2D eigenvalue weighted by atomic mass is 10.1. The lowest BCUT2D eigenvalue weighted by molar-refractivity contribution is 0.0342. The fourth-order valence-corrected chi connectivity index (χ4v) is 5.06. The van der Waals surface area contributed by atoms with Crippen LogP contribution in [0.4, 0.5) is 5.82 Å². The summed E-state index contributed by atoms with van der Waals surface area (Å²) >= 11 is 0. The number of hydrogen-bond acceptors (Lipinski definition) is 9. The number of benzene rings is 1. The third kappa shape index (κ3) is 4.99. The van der Waals surface area contributed by atoms with Crippen LogP contribution in [0.5, 0.6) is 5.75 Å². The van der Waals surface area contributed by atoms with E-state index in [9.17, 15) is 0 Å². The van der Waals surface area contributed by atoms with Crippen LogP contribution in [-0.4, -0.2) is 79.9 Å². The number of aryl methyl sites for hydroxylation is 3. The van der Waals surface area contributed by atoms with Gasteiger partial charge in [-0.25, -0.2) is 9.97 Å². The number of rotatable bonds is 6. The van der Waals surface area contributed by atoms with Gasteiger partial charge in [-0.15, -0.1) is 5.10 Å². The molecule has 2 fully saturated rings. The van der Waals surface area contributed by atoms with Gasteiger partial charge in [0.1, 0.15) is 17.7 Å². The topological polar surface area (TPSA) is 93.8 Å². The first-order chi connectivity index (χ1) is 18.0. The van der Waals surface area contributed by atoms with Crippen molar-refractivity contribution in [3.8, 4) is 17.0 Å². The lowest BCUT2D eigenvalue weighted by Crippen LogP contribution is -2.35. The van der Waals surface area contributed by atoms with Gasteiger partial charge >= 0.3 is 0 Å². The van der Waals surface area contributed by atoms with Gasteiger partial charge in [0.05, 0.1) is 49.2 Å². The Kier molecular flexibility index (Phi) is 6.43. The largest absolute Gasteiger partial charge is 0.485 e. The molecule has 2 saturated heterocycles. The minimum atomic E-state index is 0.0433. The highest BCUT2D eigenvalue weighted by Gasteiger charge is 2.27. The monoisotopic (exact) mass is 500 g/mol. The van der Waals surface area contributed by atoms with E-state index in [4.69, 9.17) is 19.4 Å². The van der Waals surface area contributed by atoms with Crippen molar-refractivity contribution < 1.29 is 9.47 Å². The molecule has 4 aromatic rings. The van der Waals surface area contributed by atoms with Gasteiger partial charge in [0.2, 0.25) is 0 Å². The van der Waals surface area contributed by atoms with Crippen molar-refractivity contribution in [2.24, 2.45) is 0 Å². The molecule has 6 rings (SSSR count). The van der Waals surface area contributed by atoms with Crippen molar-refractivity contribution in [1.29, 1.82) is 0 Å². The van der Waals surface area contributed by atoms with Crippen molar-refractivity contribution in [2.45, 2.75) is 39.8 Å². The highest BCUT2D eigenvalue weighted by Crippen LogP contribution is 2.27. The van der Waals surface area contributed by atoms with E-state index >= 15 is 0 Å². The summed E-state index contributed by atoms with van der Waals surface area (Å²) in [6.45, 7) is 12.0. The number of anilines is 1. The molecule has 0 amide bonds. The maximum absolute atomic E-state index is 6.41. The van der Waals surface area contributed by atoms with Crippen LogP contribution in [0.1, 0.15) is 29.2 Å². The minimum Gasteiger partial charge on any atom is -0.485 e. The van der Waals surface area contributed by atoms with Crippen molar-refractivity contribution in [3.05, 3.63) is 59.4 Å². The van der Waals surface area contributed by atoms with Gasteiger partial charge in [-0.2, -0.15) is 9.50 Å². The summed E-state index contributed by atoms with van der Waals surface area (Å²) in [7, 11) is 0. The summed E-state index contributed by atoms with van der Waals surface area (Å²) in [6.07, 6.45) is 4.67. The summed E-state index contributed by atoms with van der Waals surface area (Å²) < 4.78 is 13.6. The molecule has 0 bridgehead atoms. The normalized spacial score (nSPS) is 18.6. The Balaban J connectivity index is 1.09. The second kappa shape index (κ2) is 10.0. The Labute approximate surface area is 216 Å². The van der Waals surface area contributed by atoms with E-state index in [-0.39, 0.29) is 6.10 Å². The van der Waals surface area contributed by atoms with Crippen molar-refractivity contribution in [1.82, 2.24) is 34.4 Å². The predicted molar refractivity (Wildman–Crippen MR) is 140 cm³/mol. The third-order valence-corrected chi connectivity index (χ3v) is 7.09. The Morgan fingerprint density at radius 3 is 2.54 bits per heavy atom. The van der Waals surface area contributed by atoms with Gasteiger partial charge in [-0.05, 0) is 26.3 Å². The summed E-state index contributed by atoms with van der Waals surface area (Å²) in [5, 5.41) is 4.44. The zero-order chi connectivity index (χ0) is 25.4. The Morgan fingerprint density at radius 1 is 0.973 bits per heavy atom. The SMILES string of the molecule is Cc1nc2nc(C)c(OC3CCN(c4cnc(-c5ccc(CN6CCOCC6)cc5)cn4)C3)c(C)n2n1. The molecule has 0 saturated carbocycles. The molecule has 1 aromatic carbocycles. The van der Waals surface area contributed by atoms with E-state index in [1.54, 1.807) is 4.52 Å². The zero-order valence-electron chi connectivity index (χ0n) is 21.6. The number of aromatic nitrogens is 6. The first-order valence-electron chi connectivity index (χ1n) is 12.9. The molecule has 2 aliphatic rings. The molecule has 2 aliphatic heterocycles. The smallest absolute Gasteiger partial charge is 0.253 e. The molecule has 0 radical (unpaired) electrons. The molecule has 0 N–H and O–H groups in total. The number of nitrogens with zero attached hydrogens (tertiary/aromatic N) is 8. The van der Waals surface area contributed by atoms with E-state index in [0.717, 1.165) is 86.6 Å². The highest BCUT2D eigenvalue weighted by atomic mass is 16.5. The fraction of sp³-hybridized carbons (Fsp3) is 0.444. The van der Waals surface area contributed by atoms with Gasteiger partial charge in [-0.1, -0.05) is 24.3 Å². The summed E-state index contributed by atoms with van der Waals surface area (Å²) in [5.41, 5.74) is 5.00. The average molecular weight is 501 g/mol. The van der Waals surface area contributed by atoms with Gasteiger partial charge in [0.15, 0.2) is 5.75 Å². The number of ether oxygens (including phenoxy) is 2. The van der Waals surface area contributed by atoms with Gasteiger partial charge in [-0.3, -0.25) is 9.88 Å². The van der Waals surface area contributed by atoms with E-state index in [0.29, 0.717) is 11.6 Å². The molecule has 1 atom stereocenters. The molecule has 0 aliphatic carbocycles. The van der Waals surface area contributed by atoms with E-state index in [1.165, 1.54) is 5.56 Å². The number of hydrogen-bond donors (Lipinski definition) is 0. The predicted octanol–water partition coefficient (Wildman–Crippen LogP) is 3.00. The Morgan fingerprint density at radius 2 is 1.78 bits per heavy atom. The van der Waals surface area contributed by atoms with Crippen LogP contribution in [0.2, 0.25) is 0 Å². The number of fused-ring (bicyclic) bond motifs is 1. The second-order valence-corrected chi connectivity index (χ2v) is 9.80. The quantitative estimate of drug-likeness (QED) is 0.396. The van der Waals surface area contributed by atoms with E-state index in [1.807, 2.05) is 33.2 Å². The molecule has 0 spiro atoms. The van der Waals surface area contributed by atoms with Crippen molar-refractivity contribution in [3.63, 3.8) is 0 Å². The fourth-order valence-electron chi connectivity index (χ4n) is 5.06. The van der Waals surface area contributed by atoms with Crippen LogP contribution < -0.4 is 9.64 Å². The van der Waals surface area contributed by atoms with Crippen molar-refractivity contribution in [2.75, 3.05) is 44.3 Å². The number of morpholine rings is 1. The van der Waals surface area contributed by atoms with Crippen LogP contribution in [0, 0.1) is 20.8 Å². The summed E-state index contributed by atoms with van der Waals surface area (Å²) in [4.78, 5) is 23.0. The van der Waals surface area contributed by atoms with Crippen LogP contribution >= 0.6 is 0 Å². The maximum atomic E-state index is 6.41.